The SMILES string of the molecule is Cc1c(F)cccc1NC(=O)[C@@H](Cc1cc(I)c(O)c(I)c1)NC(=O)OCc1ccccc1. The van der Waals surface area contributed by atoms with Gasteiger partial charge in [0, 0.05) is 17.7 Å². The monoisotopic (exact) mass is 674 g/mol. The van der Waals surface area contributed by atoms with Crippen molar-refractivity contribution in [3.05, 3.63) is 90.3 Å². The van der Waals surface area contributed by atoms with Crippen LogP contribution in [0.4, 0.5) is 14.9 Å². The summed E-state index contributed by atoms with van der Waals surface area (Å²) < 4.78 is 20.4. The van der Waals surface area contributed by atoms with E-state index in [2.05, 4.69) is 10.6 Å². The van der Waals surface area contributed by atoms with Crippen molar-refractivity contribution in [3.63, 3.8) is 0 Å². The van der Waals surface area contributed by atoms with E-state index in [1.54, 1.807) is 25.1 Å². The van der Waals surface area contributed by atoms with Crippen molar-refractivity contribution in [2.24, 2.45) is 0 Å². The largest absolute Gasteiger partial charge is 0.506 e. The highest BCUT2D eigenvalue weighted by atomic mass is 127. The Bertz CT molecular complexity index is 1140. The van der Waals surface area contributed by atoms with Crippen LogP contribution in [-0.2, 0) is 22.6 Å². The molecular formula is C24H21FI2N2O4. The van der Waals surface area contributed by atoms with Gasteiger partial charge in [0.05, 0.1) is 7.14 Å². The lowest BCUT2D eigenvalue weighted by Gasteiger charge is -2.20. The summed E-state index contributed by atoms with van der Waals surface area (Å²) in [6.45, 7) is 1.62. The molecule has 33 heavy (non-hydrogen) atoms. The molecule has 3 aromatic rings. The van der Waals surface area contributed by atoms with Crippen molar-refractivity contribution >= 4 is 62.9 Å². The molecule has 0 heterocycles. The number of nitrogens with one attached hydrogen (secondary N) is 2. The van der Waals surface area contributed by atoms with Gasteiger partial charge in [0.2, 0.25) is 5.91 Å². The van der Waals surface area contributed by atoms with Crippen molar-refractivity contribution in [2.45, 2.75) is 26.0 Å². The maximum absolute atomic E-state index is 13.9. The van der Waals surface area contributed by atoms with Gasteiger partial charge in [-0.2, -0.15) is 0 Å². The molecule has 172 valence electrons. The van der Waals surface area contributed by atoms with Gasteiger partial charge in [-0.15, -0.1) is 0 Å². The second-order valence-corrected chi connectivity index (χ2v) is 9.60. The molecule has 9 heteroatoms. The minimum Gasteiger partial charge on any atom is -0.506 e. The maximum Gasteiger partial charge on any atom is 0.408 e. The second-order valence-electron chi connectivity index (χ2n) is 7.27. The first-order valence-electron chi connectivity index (χ1n) is 9.94. The van der Waals surface area contributed by atoms with Crippen LogP contribution in [0.5, 0.6) is 5.75 Å². The van der Waals surface area contributed by atoms with E-state index in [-0.39, 0.29) is 18.8 Å². The number of phenols is 1. The van der Waals surface area contributed by atoms with Crippen LogP contribution in [0.15, 0.2) is 60.7 Å². The van der Waals surface area contributed by atoms with Gasteiger partial charge in [-0.3, -0.25) is 4.79 Å². The van der Waals surface area contributed by atoms with E-state index in [1.807, 2.05) is 75.5 Å². The summed E-state index contributed by atoms with van der Waals surface area (Å²) >= 11 is 4.00. The first kappa shape index (κ1) is 25.2. The van der Waals surface area contributed by atoms with Gasteiger partial charge in [-0.1, -0.05) is 36.4 Å². The fraction of sp³-hybridized carbons (Fsp3) is 0.167. The van der Waals surface area contributed by atoms with Gasteiger partial charge in [0.15, 0.2) is 0 Å². The van der Waals surface area contributed by atoms with Crippen LogP contribution in [0, 0.1) is 19.9 Å². The number of carbonyl (C=O) groups excluding carboxylic acids is 2. The summed E-state index contributed by atoms with van der Waals surface area (Å²) in [6, 6.07) is 16.1. The number of amides is 2. The van der Waals surface area contributed by atoms with Crippen LogP contribution in [0.25, 0.3) is 0 Å². The van der Waals surface area contributed by atoms with Gasteiger partial charge in [-0.25, -0.2) is 9.18 Å². The van der Waals surface area contributed by atoms with Crippen LogP contribution in [0.2, 0.25) is 0 Å². The Labute approximate surface area is 218 Å². The molecule has 6 nitrogen and oxygen atoms in total. The van der Waals surface area contributed by atoms with Crippen LogP contribution in [0.3, 0.4) is 0 Å². The van der Waals surface area contributed by atoms with Gasteiger partial charge in [0.25, 0.3) is 0 Å². The standard InChI is InChI=1S/C24H21FI2N2O4/c1-14-17(25)8-5-9-20(14)28-23(31)21(12-16-10-18(26)22(30)19(27)11-16)29-24(32)33-13-15-6-3-2-4-7-15/h2-11,21,30H,12-13H2,1H3,(H,28,31)(H,29,32)/t21-/m1/s1. The molecule has 0 saturated heterocycles. The Balaban J connectivity index is 1.78. The number of anilines is 1. The number of hydrogen-bond donors (Lipinski definition) is 3. The fourth-order valence-corrected chi connectivity index (χ4v) is 4.95. The number of phenolic OH excluding ortho intramolecular Hbond substituents is 1. The van der Waals surface area contributed by atoms with Crippen LogP contribution in [-0.4, -0.2) is 23.1 Å². The highest BCUT2D eigenvalue weighted by Crippen LogP contribution is 2.28. The number of ether oxygens (including phenoxy) is 1. The molecule has 0 radical (unpaired) electrons. The van der Waals surface area contributed by atoms with E-state index in [0.29, 0.717) is 18.4 Å². The molecule has 3 aromatic carbocycles. The van der Waals surface area contributed by atoms with Crippen molar-refractivity contribution in [3.8, 4) is 5.75 Å². The predicted molar refractivity (Wildman–Crippen MR) is 141 cm³/mol. The Morgan fingerprint density at radius 2 is 1.70 bits per heavy atom. The molecule has 2 amide bonds. The summed E-state index contributed by atoms with van der Waals surface area (Å²) in [6.07, 6.45) is -0.606. The van der Waals surface area contributed by atoms with Gasteiger partial charge in [0.1, 0.15) is 24.2 Å². The molecule has 1 atom stereocenters. The zero-order valence-corrected chi connectivity index (χ0v) is 21.9. The average Bonchev–Trinajstić information content (AvgIpc) is 2.79. The molecule has 0 fully saturated rings. The normalized spacial score (nSPS) is 11.5. The third-order valence-electron chi connectivity index (χ3n) is 4.86. The minimum absolute atomic E-state index is 0.0546. The molecule has 0 aromatic heterocycles. The van der Waals surface area contributed by atoms with Gasteiger partial charge < -0.3 is 20.5 Å². The van der Waals surface area contributed by atoms with E-state index in [1.165, 1.54) is 12.1 Å². The Hall–Kier alpha value is -2.41. The first-order chi connectivity index (χ1) is 15.7. The lowest BCUT2D eigenvalue weighted by molar-refractivity contribution is -0.118. The van der Waals surface area contributed by atoms with Crippen LogP contribution >= 0.6 is 45.2 Å². The number of halogens is 3. The first-order valence-corrected chi connectivity index (χ1v) is 12.1. The summed E-state index contributed by atoms with van der Waals surface area (Å²) in [5, 5.41) is 15.3. The predicted octanol–water partition coefficient (Wildman–Crippen LogP) is 5.53. The highest BCUT2D eigenvalue weighted by molar-refractivity contribution is 14.1. The maximum atomic E-state index is 13.9. The lowest BCUT2D eigenvalue weighted by Crippen LogP contribution is -2.45. The Morgan fingerprint density at radius 1 is 1.03 bits per heavy atom. The highest BCUT2D eigenvalue weighted by Gasteiger charge is 2.24. The molecule has 0 bridgehead atoms. The lowest BCUT2D eigenvalue weighted by atomic mass is 10.0. The summed E-state index contributed by atoms with van der Waals surface area (Å²) in [5.74, 6) is -0.799. The number of aromatic hydroxyl groups is 1. The zero-order chi connectivity index (χ0) is 24.0. The molecule has 0 unspecified atom stereocenters. The summed E-state index contributed by atoms with van der Waals surface area (Å²) in [4.78, 5) is 25.5. The van der Waals surface area contributed by atoms with Gasteiger partial charge in [-0.05, 0) is 87.5 Å². The van der Waals surface area contributed by atoms with Crippen LogP contribution < -0.4 is 10.6 Å². The van der Waals surface area contributed by atoms with Crippen molar-refractivity contribution in [1.29, 1.82) is 0 Å². The number of carbonyl (C=O) groups is 2. The smallest absolute Gasteiger partial charge is 0.408 e. The molecule has 3 rings (SSSR count). The summed E-state index contributed by atoms with van der Waals surface area (Å²) in [5.41, 5.74) is 2.16. The van der Waals surface area contributed by atoms with E-state index in [4.69, 9.17) is 4.74 Å². The number of hydrogen-bond acceptors (Lipinski definition) is 4. The molecule has 0 aliphatic heterocycles. The number of benzene rings is 3. The van der Waals surface area contributed by atoms with E-state index in [9.17, 15) is 19.1 Å². The van der Waals surface area contributed by atoms with Crippen molar-refractivity contribution in [1.82, 2.24) is 5.32 Å². The quantitative estimate of drug-likeness (QED) is 0.288. The van der Waals surface area contributed by atoms with E-state index in [0.717, 1.165) is 11.1 Å². The molecule has 3 N–H and O–H groups in total. The molecule has 0 aliphatic carbocycles. The number of rotatable bonds is 7. The summed E-state index contributed by atoms with van der Waals surface area (Å²) in [7, 11) is 0. The molecule has 0 saturated carbocycles. The van der Waals surface area contributed by atoms with Crippen LogP contribution in [0.1, 0.15) is 16.7 Å². The fourth-order valence-electron chi connectivity index (χ4n) is 3.05. The Morgan fingerprint density at radius 3 is 2.36 bits per heavy atom. The Kier molecular flexibility index (Phi) is 8.89. The van der Waals surface area contributed by atoms with Gasteiger partial charge >= 0.3 is 6.09 Å². The van der Waals surface area contributed by atoms with Crippen molar-refractivity contribution < 1.29 is 23.8 Å². The molecular weight excluding hydrogens is 653 g/mol. The third-order valence-corrected chi connectivity index (χ3v) is 6.51. The minimum atomic E-state index is -0.993. The average molecular weight is 674 g/mol. The third kappa shape index (κ3) is 7.03. The van der Waals surface area contributed by atoms with E-state index < -0.39 is 23.9 Å². The topological polar surface area (TPSA) is 87.7 Å². The molecule has 0 aliphatic rings. The van der Waals surface area contributed by atoms with E-state index >= 15 is 0 Å². The number of alkyl carbamates (subject to hydrolysis) is 1. The molecule has 0 spiro atoms. The van der Waals surface area contributed by atoms with Crippen molar-refractivity contribution in [2.75, 3.05) is 5.32 Å². The second kappa shape index (κ2) is 11.6. The zero-order valence-electron chi connectivity index (χ0n) is 17.6.